The highest BCUT2D eigenvalue weighted by Gasteiger charge is 2.23. The Bertz CT molecular complexity index is 1040. The van der Waals surface area contributed by atoms with Crippen LogP contribution in [-0.2, 0) is 13.0 Å². The number of carboxylic acids is 1. The molecule has 2 aromatic carbocycles. The number of ether oxygens (including phenoxy) is 1. The number of hydrogen-bond acceptors (Lipinski definition) is 5. The Kier molecular flexibility index (Phi) is 6.67. The summed E-state index contributed by atoms with van der Waals surface area (Å²) in [4.78, 5) is 22.6. The molecule has 1 aromatic heterocycles. The molecule has 4 rings (SSSR count). The summed E-state index contributed by atoms with van der Waals surface area (Å²) in [6, 6.07) is 17.5. The topological polar surface area (TPSA) is 75.5 Å². The number of anilines is 1. The van der Waals surface area contributed by atoms with Gasteiger partial charge in [-0.3, -0.25) is 0 Å². The molecule has 1 aliphatic rings. The van der Waals surface area contributed by atoms with Crippen LogP contribution in [0.3, 0.4) is 0 Å². The Balaban J connectivity index is 1.43. The van der Waals surface area contributed by atoms with Crippen molar-refractivity contribution in [3.63, 3.8) is 0 Å². The van der Waals surface area contributed by atoms with Crippen molar-refractivity contribution in [2.24, 2.45) is 5.92 Å². The van der Waals surface area contributed by atoms with Gasteiger partial charge in [0.2, 0.25) is 5.95 Å². The van der Waals surface area contributed by atoms with E-state index in [0.29, 0.717) is 28.3 Å². The first-order chi connectivity index (χ1) is 15.1. The monoisotopic (exact) mass is 437 g/mol. The molecule has 0 saturated carbocycles. The molecule has 2 heterocycles. The van der Waals surface area contributed by atoms with Crippen LogP contribution in [-0.4, -0.2) is 34.1 Å². The van der Waals surface area contributed by atoms with Gasteiger partial charge in [-0.2, -0.15) is 0 Å². The number of benzene rings is 2. The van der Waals surface area contributed by atoms with Crippen molar-refractivity contribution in [2.45, 2.75) is 25.9 Å². The van der Waals surface area contributed by atoms with E-state index in [4.69, 9.17) is 16.3 Å². The highest BCUT2D eigenvalue weighted by molar-refractivity contribution is 6.30. The van der Waals surface area contributed by atoms with Crippen LogP contribution >= 0.6 is 11.6 Å². The van der Waals surface area contributed by atoms with E-state index in [0.717, 1.165) is 32.4 Å². The number of rotatable bonds is 7. The van der Waals surface area contributed by atoms with E-state index in [9.17, 15) is 9.90 Å². The van der Waals surface area contributed by atoms with Gasteiger partial charge >= 0.3 is 5.97 Å². The van der Waals surface area contributed by atoms with Crippen LogP contribution in [0.4, 0.5) is 5.95 Å². The number of aromatic nitrogens is 2. The molecule has 0 atom stereocenters. The van der Waals surface area contributed by atoms with Gasteiger partial charge in [0.05, 0.1) is 5.69 Å². The van der Waals surface area contributed by atoms with Crippen LogP contribution in [0.5, 0.6) is 5.75 Å². The first kappa shape index (κ1) is 21.1. The molecule has 1 N–H and O–H groups in total. The van der Waals surface area contributed by atoms with Gasteiger partial charge < -0.3 is 14.7 Å². The lowest BCUT2D eigenvalue weighted by molar-refractivity contribution is 0.0692. The van der Waals surface area contributed by atoms with Gasteiger partial charge in [-0.1, -0.05) is 48.0 Å². The summed E-state index contributed by atoms with van der Waals surface area (Å²) < 4.78 is 5.73. The molecule has 0 unspecified atom stereocenters. The van der Waals surface area contributed by atoms with Crippen molar-refractivity contribution in [1.82, 2.24) is 9.97 Å². The predicted molar refractivity (Wildman–Crippen MR) is 120 cm³/mol. The lowest BCUT2D eigenvalue weighted by atomic mass is 9.90. The van der Waals surface area contributed by atoms with E-state index in [1.807, 2.05) is 6.07 Å². The van der Waals surface area contributed by atoms with Crippen molar-refractivity contribution >= 4 is 23.5 Å². The maximum Gasteiger partial charge on any atom is 0.339 e. The molecule has 0 amide bonds. The maximum absolute atomic E-state index is 11.6. The SMILES string of the molecule is O=C(O)c1cnc(N2CCC(Cc3ccccc3)CC2)nc1COc1cccc(Cl)c1. The minimum absolute atomic E-state index is 0.0297. The Hall–Kier alpha value is -3.12. The van der Waals surface area contributed by atoms with Gasteiger partial charge in [0.1, 0.15) is 17.9 Å². The van der Waals surface area contributed by atoms with Crippen LogP contribution in [0.25, 0.3) is 0 Å². The average molecular weight is 438 g/mol. The molecule has 1 aliphatic heterocycles. The van der Waals surface area contributed by atoms with Crippen molar-refractivity contribution < 1.29 is 14.6 Å². The van der Waals surface area contributed by atoms with E-state index in [1.54, 1.807) is 24.3 Å². The zero-order chi connectivity index (χ0) is 21.6. The van der Waals surface area contributed by atoms with Crippen molar-refractivity contribution in [2.75, 3.05) is 18.0 Å². The molecule has 0 spiro atoms. The fraction of sp³-hybridized carbons (Fsp3) is 0.292. The van der Waals surface area contributed by atoms with Gasteiger partial charge in [-0.15, -0.1) is 0 Å². The van der Waals surface area contributed by atoms with Crippen LogP contribution in [0, 0.1) is 5.92 Å². The molecular formula is C24H24ClN3O3. The number of hydrogen-bond donors (Lipinski definition) is 1. The molecule has 0 bridgehead atoms. The third-order valence-corrected chi connectivity index (χ3v) is 5.76. The minimum Gasteiger partial charge on any atom is -0.487 e. The summed E-state index contributed by atoms with van der Waals surface area (Å²) in [5.74, 6) is 0.666. The van der Waals surface area contributed by atoms with E-state index >= 15 is 0 Å². The number of aromatic carboxylic acids is 1. The van der Waals surface area contributed by atoms with Crippen molar-refractivity contribution in [3.8, 4) is 5.75 Å². The lowest BCUT2D eigenvalue weighted by Crippen LogP contribution is -2.35. The molecule has 1 saturated heterocycles. The largest absolute Gasteiger partial charge is 0.487 e. The van der Waals surface area contributed by atoms with Gasteiger partial charge in [0.15, 0.2) is 0 Å². The summed E-state index contributed by atoms with van der Waals surface area (Å²) in [6.07, 6.45) is 4.55. The number of piperidine rings is 1. The Morgan fingerprint density at radius 1 is 1.13 bits per heavy atom. The molecule has 7 heteroatoms. The van der Waals surface area contributed by atoms with E-state index in [2.05, 4.69) is 39.1 Å². The second-order valence-corrected chi connectivity index (χ2v) is 8.14. The maximum atomic E-state index is 11.6. The highest BCUT2D eigenvalue weighted by Crippen LogP contribution is 2.25. The summed E-state index contributed by atoms with van der Waals surface area (Å²) in [5, 5.41) is 10.1. The summed E-state index contributed by atoms with van der Waals surface area (Å²) >= 11 is 5.99. The average Bonchev–Trinajstić information content (AvgIpc) is 2.79. The molecule has 160 valence electrons. The number of halogens is 1. The standard InChI is InChI=1S/C24H24ClN3O3/c25-19-7-4-8-20(14-19)31-16-22-21(23(29)30)15-26-24(27-22)28-11-9-18(10-12-28)13-17-5-2-1-3-6-17/h1-8,14-15,18H,9-13,16H2,(H,29,30). The van der Waals surface area contributed by atoms with Crippen LogP contribution in [0.1, 0.15) is 34.5 Å². The molecule has 31 heavy (non-hydrogen) atoms. The second-order valence-electron chi connectivity index (χ2n) is 7.70. The number of carbonyl (C=O) groups is 1. The summed E-state index contributed by atoms with van der Waals surface area (Å²) in [6.45, 7) is 1.72. The Labute approximate surface area is 186 Å². The minimum atomic E-state index is -1.07. The van der Waals surface area contributed by atoms with Gasteiger partial charge in [0, 0.05) is 24.3 Å². The lowest BCUT2D eigenvalue weighted by Gasteiger charge is -2.32. The van der Waals surface area contributed by atoms with E-state index < -0.39 is 5.97 Å². The predicted octanol–water partition coefficient (Wildman–Crippen LogP) is 4.87. The Morgan fingerprint density at radius 2 is 1.90 bits per heavy atom. The van der Waals surface area contributed by atoms with Crippen LogP contribution in [0.15, 0.2) is 60.8 Å². The molecule has 0 radical (unpaired) electrons. The first-order valence-corrected chi connectivity index (χ1v) is 10.7. The van der Waals surface area contributed by atoms with E-state index in [-0.39, 0.29) is 12.2 Å². The zero-order valence-electron chi connectivity index (χ0n) is 17.1. The fourth-order valence-electron chi connectivity index (χ4n) is 3.84. The first-order valence-electron chi connectivity index (χ1n) is 10.3. The normalized spacial score (nSPS) is 14.4. The Morgan fingerprint density at radius 3 is 2.61 bits per heavy atom. The quantitative estimate of drug-likeness (QED) is 0.568. The van der Waals surface area contributed by atoms with Crippen molar-refractivity contribution in [3.05, 3.63) is 82.6 Å². The molecule has 0 aliphatic carbocycles. The molecule has 1 fully saturated rings. The summed E-state index contributed by atoms with van der Waals surface area (Å²) in [5.41, 5.74) is 1.76. The van der Waals surface area contributed by atoms with Crippen molar-refractivity contribution in [1.29, 1.82) is 0 Å². The number of carboxylic acid groups (broad SMARTS) is 1. The number of nitrogens with zero attached hydrogens (tertiary/aromatic N) is 3. The van der Waals surface area contributed by atoms with Gasteiger partial charge in [-0.05, 0) is 48.9 Å². The molecule has 3 aromatic rings. The van der Waals surface area contributed by atoms with Gasteiger partial charge in [-0.25, -0.2) is 14.8 Å². The second kappa shape index (κ2) is 9.79. The van der Waals surface area contributed by atoms with Gasteiger partial charge in [0.25, 0.3) is 0 Å². The third kappa shape index (κ3) is 5.52. The van der Waals surface area contributed by atoms with Crippen LogP contribution < -0.4 is 9.64 Å². The third-order valence-electron chi connectivity index (χ3n) is 5.52. The molecular weight excluding hydrogens is 414 g/mol. The highest BCUT2D eigenvalue weighted by atomic mass is 35.5. The van der Waals surface area contributed by atoms with E-state index in [1.165, 1.54) is 11.8 Å². The summed E-state index contributed by atoms with van der Waals surface area (Å²) in [7, 11) is 0. The van der Waals surface area contributed by atoms with Crippen LogP contribution in [0.2, 0.25) is 5.02 Å². The fourth-order valence-corrected chi connectivity index (χ4v) is 4.02. The molecule has 6 nitrogen and oxygen atoms in total. The smallest absolute Gasteiger partial charge is 0.339 e. The zero-order valence-corrected chi connectivity index (χ0v) is 17.8.